The highest BCUT2D eigenvalue weighted by Crippen LogP contribution is 2.17. The minimum Gasteiger partial charge on any atom is -0.378 e. The summed E-state index contributed by atoms with van der Waals surface area (Å²) in [6.45, 7) is 8.12. The van der Waals surface area contributed by atoms with Gasteiger partial charge in [0, 0.05) is 12.6 Å². The van der Waals surface area contributed by atoms with Crippen LogP contribution in [0.15, 0.2) is 12.7 Å². The van der Waals surface area contributed by atoms with Crippen LogP contribution in [-0.4, -0.2) is 25.3 Å². The van der Waals surface area contributed by atoms with Gasteiger partial charge in [-0.2, -0.15) is 0 Å². The summed E-state index contributed by atoms with van der Waals surface area (Å²) in [6.07, 6.45) is 9.88. The van der Waals surface area contributed by atoms with E-state index in [0.717, 1.165) is 19.6 Å². The summed E-state index contributed by atoms with van der Waals surface area (Å²) in [5.41, 5.74) is 0. The van der Waals surface area contributed by atoms with E-state index in [1.807, 2.05) is 6.08 Å². The summed E-state index contributed by atoms with van der Waals surface area (Å²) in [6, 6.07) is 0.468. The zero-order valence-electron chi connectivity index (χ0n) is 10.0. The van der Waals surface area contributed by atoms with Crippen molar-refractivity contribution < 1.29 is 4.74 Å². The molecule has 2 heteroatoms. The van der Waals surface area contributed by atoms with Crippen molar-refractivity contribution in [2.24, 2.45) is 0 Å². The topological polar surface area (TPSA) is 21.3 Å². The summed E-state index contributed by atoms with van der Waals surface area (Å²) in [4.78, 5) is 0. The lowest BCUT2D eigenvalue weighted by Crippen LogP contribution is -2.29. The van der Waals surface area contributed by atoms with Crippen molar-refractivity contribution in [3.8, 4) is 0 Å². The fourth-order valence-electron chi connectivity index (χ4n) is 2.03. The summed E-state index contributed by atoms with van der Waals surface area (Å²) < 4.78 is 5.72. The molecule has 0 spiro atoms. The smallest absolute Gasteiger partial charge is 0.0575 e. The van der Waals surface area contributed by atoms with Gasteiger partial charge in [0.15, 0.2) is 0 Å². The van der Waals surface area contributed by atoms with Gasteiger partial charge in [-0.1, -0.05) is 13.0 Å². The van der Waals surface area contributed by atoms with Crippen molar-refractivity contribution in [1.82, 2.24) is 5.32 Å². The van der Waals surface area contributed by atoms with Gasteiger partial charge in [-0.25, -0.2) is 0 Å². The molecule has 0 bridgehead atoms. The van der Waals surface area contributed by atoms with Crippen molar-refractivity contribution >= 4 is 0 Å². The van der Waals surface area contributed by atoms with Crippen LogP contribution < -0.4 is 5.32 Å². The first kappa shape index (κ1) is 12.7. The number of rotatable bonds is 7. The molecule has 2 atom stereocenters. The van der Waals surface area contributed by atoms with Crippen molar-refractivity contribution in [2.75, 3.05) is 13.2 Å². The van der Waals surface area contributed by atoms with Crippen LogP contribution >= 0.6 is 0 Å². The van der Waals surface area contributed by atoms with Crippen LogP contribution in [0, 0.1) is 0 Å². The molecule has 0 saturated carbocycles. The predicted molar refractivity (Wildman–Crippen MR) is 65.1 cm³/mol. The molecule has 0 aromatic heterocycles. The molecule has 0 aliphatic carbocycles. The van der Waals surface area contributed by atoms with Crippen LogP contribution in [0.5, 0.6) is 0 Å². The molecular formula is C13H25NO. The molecule has 1 fully saturated rings. The molecule has 0 radical (unpaired) electrons. The third kappa shape index (κ3) is 5.33. The van der Waals surface area contributed by atoms with Crippen LogP contribution in [0.1, 0.15) is 45.4 Å². The summed E-state index contributed by atoms with van der Waals surface area (Å²) in [5, 5.41) is 3.49. The van der Waals surface area contributed by atoms with Gasteiger partial charge in [0.1, 0.15) is 0 Å². The van der Waals surface area contributed by atoms with E-state index >= 15 is 0 Å². The maximum atomic E-state index is 5.72. The van der Waals surface area contributed by atoms with Crippen LogP contribution in [0.4, 0.5) is 0 Å². The molecule has 1 N–H and O–H groups in total. The second-order valence-corrected chi connectivity index (χ2v) is 4.36. The van der Waals surface area contributed by atoms with Gasteiger partial charge < -0.3 is 10.1 Å². The Morgan fingerprint density at radius 1 is 1.53 bits per heavy atom. The second-order valence-electron chi connectivity index (χ2n) is 4.36. The van der Waals surface area contributed by atoms with Crippen LogP contribution in [0.2, 0.25) is 0 Å². The Hall–Kier alpha value is -0.340. The van der Waals surface area contributed by atoms with Gasteiger partial charge >= 0.3 is 0 Å². The molecule has 2 unspecified atom stereocenters. The van der Waals surface area contributed by atoms with Crippen LogP contribution in [-0.2, 0) is 4.74 Å². The largest absolute Gasteiger partial charge is 0.378 e. The average molecular weight is 211 g/mol. The average Bonchev–Trinajstić information content (AvgIpc) is 2.31. The highest BCUT2D eigenvalue weighted by molar-refractivity contribution is 4.86. The van der Waals surface area contributed by atoms with Gasteiger partial charge in [0.25, 0.3) is 0 Å². The Kier molecular flexibility index (Phi) is 6.69. The molecule has 0 amide bonds. The summed E-state index contributed by atoms with van der Waals surface area (Å²) in [5.74, 6) is 0. The third-order valence-electron chi connectivity index (χ3n) is 3.01. The quantitative estimate of drug-likeness (QED) is 0.654. The number of nitrogens with one attached hydrogen (secondary N) is 1. The SMILES string of the molecule is C=CC(CCC1CCCCO1)NCCC. The van der Waals surface area contributed by atoms with E-state index in [1.54, 1.807) is 0 Å². The molecule has 1 aliphatic rings. The van der Waals surface area contributed by atoms with Gasteiger partial charge in [0.2, 0.25) is 0 Å². The Morgan fingerprint density at radius 3 is 3.00 bits per heavy atom. The lowest BCUT2D eigenvalue weighted by atomic mass is 10.0. The van der Waals surface area contributed by atoms with Crippen molar-refractivity contribution in [1.29, 1.82) is 0 Å². The van der Waals surface area contributed by atoms with Crippen molar-refractivity contribution in [3.05, 3.63) is 12.7 Å². The molecule has 15 heavy (non-hydrogen) atoms. The highest BCUT2D eigenvalue weighted by Gasteiger charge is 2.14. The first-order valence-electron chi connectivity index (χ1n) is 6.34. The number of hydrogen-bond donors (Lipinski definition) is 1. The van der Waals surface area contributed by atoms with Gasteiger partial charge in [-0.3, -0.25) is 0 Å². The standard InChI is InChI=1S/C13H25NO/c1-3-10-14-12(4-2)8-9-13-7-5-6-11-15-13/h4,12-14H,2-3,5-11H2,1H3. The summed E-state index contributed by atoms with van der Waals surface area (Å²) in [7, 11) is 0. The predicted octanol–water partition coefficient (Wildman–Crippen LogP) is 2.89. The first-order chi connectivity index (χ1) is 7.36. The van der Waals surface area contributed by atoms with E-state index in [9.17, 15) is 0 Å². The molecule has 88 valence electrons. The monoisotopic (exact) mass is 211 g/mol. The highest BCUT2D eigenvalue weighted by atomic mass is 16.5. The molecule has 1 aliphatic heterocycles. The fourth-order valence-corrected chi connectivity index (χ4v) is 2.03. The van der Waals surface area contributed by atoms with E-state index in [4.69, 9.17) is 4.74 Å². The first-order valence-corrected chi connectivity index (χ1v) is 6.34. The minimum absolute atomic E-state index is 0.468. The molecule has 1 rings (SSSR count). The van der Waals surface area contributed by atoms with E-state index in [0.29, 0.717) is 12.1 Å². The van der Waals surface area contributed by atoms with E-state index in [1.165, 1.54) is 32.1 Å². The van der Waals surface area contributed by atoms with Gasteiger partial charge in [-0.05, 0) is 45.1 Å². The van der Waals surface area contributed by atoms with Crippen molar-refractivity contribution in [3.63, 3.8) is 0 Å². The zero-order chi connectivity index (χ0) is 10.9. The Labute approximate surface area is 94.1 Å². The van der Waals surface area contributed by atoms with E-state index < -0.39 is 0 Å². The van der Waals surface area contributed by atoms with E-state index in [-0.39, 0.29) is 0 Å². The lowest BCUT2D eigenvalue weighted by molar-refractivity contribution is 0.00927. The van der Waals surface area contributed by atoms with Gasteiger partial charge in [0.05, 0.1) is 6.10 Å². The maximum Gasteiger partial charge on any atom is 0.0575 e. The van der Waals surface area contributed by atoms with Crippen molar-refractivity contribution in [2.45, 2.75) is 57.6 Å². The van der Waals surface area contributed by atoms with E-state index in [2.05, 4.69) is 18.8 Å². The summed E-state index contributed by atoms with van der Waals surface area (Å²) >= 11 is 0. The zero-order valence-corrected chi connectivity index (χ0v) is 10.0. The molecule has 1 heterocycles. The molecule has 2 nitrogen and oxygen atoms in total. The Morgan fingerprint density at radius 2 is 2.40 bits per heavy atom. The normalized spacial score (nSPS) is 23.7. The fraction of sp³-hybridized carbons (Fsp3) is 0.846. The van der Waals surface area contributed by atoms with Crippen LogP contribution in [0.3, 0.4) is 0 Å². The lowest BCUT2D eigenvalue weighted by Gasteiger charge is -2.24. The number of hydrogen-bond acceptors (Lipinski definition) is 2. The molecule has 0 aromatic rings. The molecule has 1 saturated heterocycles. The minimum atomic E-state index is 0.468. The Bertz CT molecular complexity index is 164. The number of ether oxygens (including phenoxy) is 1. The third-order valence-corrected chi connectivity index (χ3v) is 3.01. The van der Waals surface area contributed by atoms with Crippen LogP contribution in [0.25, 0.3) is 0 Å². The molecule has 0 aromatic carbocycles. The second kappa shape index (κ2) is 7.89. The Balaban J connectivity index is 2.11. The molecular weight excluding hydrogens is 186 g/mol. The maximum absolute atomic E-state index is 5.72. The van der Waals surface area contributed by atoms with Gasteiger partial charge in [-0.15, -0.1) is 6.58 Å².